The summed E-state index contributed by atoms with van der Waals surface area (Å²) in [6.45, 7) is 10.7. The Labute approximate surface area is 129 Å². The Morgan fingerprint density at radius 2 is 1.81 bits per heavy atom. The zero-order valence-corrected chi connectivity index (χ0v) is 14.5. The average Bonchev–Trinajstić information content (AvgIpc) is 2.49. The maximum Gasteiger partial charge on any atom is 0.243 e. The van der Waals surface area contributed by atoms with Gasteiger partial charge in [-0.25, -0.2) is 8.42 Å². The van der Waals surface area contributed by atoms with Crippen molar-refractivity contribution in [2.24, 2.45) is 0 Å². The zero-order chi connectivity index (χ0) is 15.9. The molecule has 21 heavy (non-hydrogen) atoms. The lowest BCUT2D eigenvalue weighted by molar-refractivity contribution is 0.427. The van der Waals surface area contributed by atoms with E-state index in [-0.39, 0.29) is 0 Å². The summed E-state index contributed by atoms with van der Waals surface area (Å²) in [5.74, 6) is 0. The molecule has 0 unspecified atom stereocenters. The lowest BCUT2D eigenvalue weighted by Gasteiger charge is -2.21. The van der Waals surface area contributed by atoms with Crippen LogP contribution in [0.2, 0.25) is 0 Å². The third-order valence-electron chi connectivity index (χ3n) is 3.59. The first-order chi connectivity index (χ1) is 10.0. The molecule has 0 heterocycles. The number of hydrogen-bond donors (Lipinski definition) is 1. The van der Waals surface area contributed by atoms with Gasteiger partial charge in [0.25, 0.3) is 0 Å². The van der Waals surface area contributed by atoms with Gasteiger partial charge >= 0.3 is 0 Å². The molecule has 0 radical (unpaired) electrons. The predicted molar refractivity (Wildman–Crippen MR) is 87.9 cm³/mol. The first-order valence-electron chi connectivity index (χ1n) is 7.83. The van der Waals surface area contributed by atoms with E-state index in [1.54, 1.807) is 10.4 Å². The van der Waals surface area contributed by atoms with Crippen LogP contribution in [-0.4, -0.2) is 32.4 Å². The number of nitrogens with one attached hydrogen (secondary N) is 1. The van der Waals surface area contributed by atoms with Gasteiger partial charge in [0.05, 0.1) is 4.90 Å². The maximum atomic E-state index is 12.7. The van der Waals surface area contributed by atoms with Crippen molar-refractivity contribution in [2.45, 2.75) is 52.0 Å². The number of hydrogen-bond acceptors (Lipinski definition) is 3. The second-order valence-electron chi connectivity index (χ2n) is 5.06. The van der Waals surface area contributed by atoms with Crippen molar-refractivity contribution in [3.63, 3.8) is 0 Å². The highest BCUT2D eigenvalue weighted by Crippen LogP contribution is 2.20. The highest BCUT2D eigenvalue weighted by molar-refractivity contribution is 7.89. The molecule has 0 aromatic heterocycles. The number of nitrogens with zero attached hydrogens (tertiary/aromatic N) is 1. The molecule has 1 aromatic carbocycles. The van der Waals surface area contributed by atoms with E-state index in [0.717, 1.165) is 24.9 Å². The lowest BCUT2D eigenvalue weighted by Crippen LogP contribution is -2.31. The van der Waals surface area contributed by atoms with Crippen LogP contribution in [0.3, 0.4) is 0 Å². The Kier molecular flexibility index (Phi) is 7.35. The van der Waals surface area contributed by atoms with E-state index >= 15 is 0 Å². The molecule has 1 rings (SSSR count). The second kappa shape index (κ2) is 8.51. The molecule has 4 nitrogen and oxygen atoms in total. The third-order valence-corrected chi connectivity index (χ3v) is 5.56. The summed E-state index contributed by atoms with van der Waals surface area (Å²) >= 11 is 0. The van der Waals surface area contributed by atoms with E-state index in [4.69, 9.17) is 0 Å². The summed E-state index contributed by atoms with van der Waals surface area (Å²) in [6, 6.07) is 5.51. The molecule has 0 amide bonds. The van der Waals surface area contributed by atoms with Gasteiger partial charge in [-0.3, -0.25) is 0 Å². The van der Waals surface area contributed by atoms with Gasteiger partial charge in [0.1, 0.15) is 0 Å². The van der Waals surface area contributed by atoms with Crippen LogP contribution in [-0.2, 0) is 23.0 Å². The molecule has 0 fully saturated rings. The number of aryl methyl sites for hydroxylation is 1. The SMILES string of the molecule is CCCN(CC)S(=O)(=O)c1ccc(CC)c(CNCC)c1. The summed E-state index contributed by atoms with van der Waals surface area (Å²) in [7, 11) is -3.38. The number of sulfonamides is 1. The van der Waals surface area contributed by atoms with Crippen molar-refractivity contribution in [1.29, 1.82) is 0 Å². The van der Waals surface area contributed by atoms with Crippen molar-refractivity contribution >= 4 is 10.0 Å². The fourth-order valence-corrected chi connectivity index (χ4v) is 3.97. The van der Waals surface area contributed by atoms with Gasteiger partial charge in [0, 0.05) is 19.6 Å². The van der Waals surface area contributed by atoms with Crippen molar-refractivity contribution < 1.29 is 8.42 Å². The van der Waals surface area contributed by atoms with Gasteiger partial charge in [-0.1, -0.05) is 33.8 Å². The molecule has 5 heteroatoms. The standard InChI is InChI=1S/C16H28N2O2S/c1-5-11-18(8-4)21(19,20)16-10-9-14(6-2)15(12-16)13-17-7-3/h9-10,12,17H,5-8,11,13H2,1-4H3. The van der Waals surface area contributed by atoms with Gasteiger partial charge in [-0.2, -0.15) is 4.31 Å². The Hall–Kier alpha value is -0.910. The molecule has 0 aliphatic rings. The van der Waals surface area contributed by atoms with Crippen molar-refractivity contribution in [3.8, 4) is 0 Å². The highest BCUT2D eigenvalue weighted by atomic mass is 32.2. The Bertz CT molecular complexity index is 541. The fourth-order valence-electron chi connectivity index (χ4n) is 2.38. The molecular weight excluding hydrogens is 284 g/mol. The van der Waals surface area contributed by atoms with Gasteiger partial charge in [-0.05, 0) is 42.6 Å². The topological polar surface area (TPSA) is 49.4 Å². The Balaban J connectivity index is 3.17. The third kappa shape index (κ3) is 4.53. The minimum atomic E-state index is -3.38. The Morgan fingerprint density at radius 1 is 1.10 bits per heavy atom. The summed E-state index contributed by atoms with van der Waals surface area (Å²) in [5, 5.41) is 3.28. The van der Waals surface area contributed by atoms with Crippen molar-refractivity contribution in [3.05, 3.63) is 29.3 Å². The molecule has 0 atom stereocenters. The first kappa shape index (κ1) is 18.1. The van der Waals surface area contributed by atoms with Crippen LogP contribution in [0.1, 0.15) is 45.2 Å². The maximum absolute atomic E-state index is 12.7. The average molecular weight is 312 g/mol. The summed E-state index contributed by atoms with van der Waals surface area (Å²) in [5.41, 5.74) is 2.28. The van der Waals surface area contributed by atoms with Crippen LogP contribution in [0, 0.1) is 0 Å². The monoisotopic (exact) mass is 312 g/mol. The van der Waals surface area contributed by atoms with E-state index in [1.807, 2.05) is 32.9 Å². The molecule has 0 bridgehead atoms. The molecule has 1 aromatic rings. The molecule has 1 N–H and O–H groups in total. The second-order valence-corrected chi connectivity index (χ2v) is 7.00. The summed E-state index contributed by atoms with van der Waals surface area (Å²) in [4.78, 5) is 0.405. The van der Waals surface area contributed by atoms with E-state index in [2.05, 4.69) is 12.2 Å². The van der Waals surface area contributed by atoms with Gasteiger partial charge < -0.3 is 5.32 Å². The minimum Gasteiger partial charge on any atom is -0.313 e. The van der Waals surface area contributed by atoms with E-state index < -0.39 is 10.0 Å². The lowest BCUT2D eigenvalue weighted by atomic mass is 10.1. The number of rotatable bonds is 9. The molecular formula is C16H28N2O2S. The zero-order valence-electron chi connectivity index (χ0n) is 13.6. The fraction of sp³-hybridized carbons (Fsp3) is 0.625. The minimum absolute atomic E-state index is 0.405. The highest BCUT2D eigenvalue weighted by Gasteiger charge is 2.22. The first-order valence-corrected chi connectivity index (χ1v) is 9.27. The molecule has 0 saturated carbocycles. The van der Waals surface area contributed by atoms with Crippen LogP contribution in [0.5, 0.6) is 0 Å². The van der Waals surface area contributed by atoms with Gasteiger partial charge in [0.2, 0.25) is 10.0 Å². The van der Waals surface area contributed by atoms with Crippen molar-refractivity contribution in [1.82, 2.24) is 9.62 Å². The molecule has 0 spiro atoms. The predicted octanol–water partition coefficient (Wildman–Crippen LogP) is 2.78. The summed E-state index contributed by atoms with van der Waals surface area (Å²) in [6.07, 6.45) is 1.73. The van der Waals surface area contributed by atoms with E-state index in [9.17, 15) is 8.42 Å². The molecule has 0 saturated heterocycles. The molecule has 0 aliphatic carbocycles. The van der Waals surface area contributed by atoms with Crippen molar-refractivity contribution in [2.75, 3.05) is 19.6 Å². The Morgan fingerprint density at radius 3 is 2.33 bits per heavy atom. The van der Waals surface area contributed by atoms with Crippen LogP contribution in [0.25, 0.3) is 0 Å². The van der Waals surface area contributed by atoms with Crippen LogP contribution < -0.4 is 5.32 Å². The van der Waals surface area contributed by atoms with Gasteiger partial charge in [0.15, 0.2) is 0 Å². The quantitative estimate of drug-likeness (QED) is 0.763. The smallest absolute Gasteiger partial charge is 0.243 e. The number of benzene rings is 1. The largest absolute Gasteiger partial charge is 0.313 e. The van der Waals surface area contributed by atoms with Crippen LogP contribution in [0.15, 0.2) is 23.1 Å². The molecule has 120 valence electrons. The van der Waals surface area contributed by atoms with E-state index in [1.165, 1.54) is 5.56 Å². The van der Waals surface area contributed by atoms with Gasteiger partial charge in [-0.15, -0.1) is 0 Å². The molecule has 0 aliphatic heterocycles. The van der Waals surface area contributed by atoms with Crippen LogP contribution >= 0.6 is 0 Å². The normalized spacial score (nSPS) is 12.0. The summed E-state index contributed by atoms with van der Waals surface area (Å²) < 4.78 is 26.9. The van der Waals surface area contributed by atoms with E-state index in [0.29, 0.717) is 24.5 Å². The van der Waals surface area contributed by atoms with Crippen LogP contribution in [0.4, 0.5) is 0 Å².